The number of aromatic nitrogens is 4. The molecule has 1 aliphatic heterocycles. The summed E-state index contributed by atoms with van der Waals surface area (Å²) in [6.07, 6.45) is 4.73. The van der Waals surface area contributed by atoms with Gasteiger partial charge in [-0.15, -0.1) is 0 Å². The van der Waals surface area contributed by atoms with Gasteiger partial charge in [0.1, 0.15) is 0 Å². The van der Waals surface area contributed by atoms with Gasteiger partial charge in [-0.25, -0.2) is 14.5 Å². The molecule has 0 radical (unpaired) electrons. The lowest BCUT2D eigenvalue weighted by Crippen LogP contribution is -2.31. The molecule has 0 atom stereocenters. The van der Waals surface area contributed by atoms with Crippen LogP contribution >= 0.6 is 0 Å². The van der Waals surface area contributed by atoms with E-state index in [2.05, 4.69) is 32.1 Å². The Kier molecular flexibility index (Phi) is 2.82. The normalized spacial score (nSPS) is 15.2. The maximum Gasteiger partial charge on any atom is 0.220 e. The summed E-state index contributed by atoms with van der Waals surface area (Å²) in [5.74, 6) is 0.363. The molecule has 0 saturated carbocycles. The van der Waals surface area contributed by atoms with Crippen LogP contribution < -0.4 is 5.73 Å². The third-order valence-corrected chi connectivity index (χ3v) is 3.84. The van der Waals surface area contributed by atoms with E-state index in [1.165, 1.54) is 5.56 Å². The molecule has 1 aliphatic rings. The van der Waals surface area contributed by atoms with Crippen LogP contribution in [0.25, 0.3) is 5.52 Å². The van der Waals surface area contributed by atoms with Crippen molar-refractivity contribution in [3.05, 3.63) is 53.6 Å². The summed E-state index contributed by atoms with van der Waals surface area (Å²) in [6.45, 7) is 2.66. The van der Waals surface area contributed by atoms with Crippen molar-refractivity contribution in [3.63, 3.8) is 0 Å². The number of hydrogen-bond acceptors (Lipinski definition) is 5. The number of anilines is 1. The van der Waals surface area contributed by atoms with Crippen molar-refractivity contribution in [3.8, 4) is 0 Å². The molecule has 2 N–H and O–H groups in total. The Morgan fingerprint density at radius 1 is 1.29 bits per heavy atom. The second kappa shape index (κ2) is 4.82. The van der Waals surface area contributed by atoms with Crippen LogP contribution in [0.4, 0.5) is 5.95 Å². The molecular formula is C15H16N6. The van der Waals surface area contributed by atoms with Gasteiger partial charge in [0.25, 0.3) is 0 Å². The lowest BCUT2D eigenvalue weighted by atomic mass is 10.1. The second-order valence-electron chi connectivity index (χ2n) is 5.37. The van der Waals surface area contributed by atoms with Gasteiger partial charge in [-0.1, -0.05) is 6.07 Å². The molecule has 0 saturated heterocycles. The van der Waals surface area contributed by atoms with Crippen LogP contribution in [0.2, 0.25) is 0 Å². The third-order valence-electron chi connectivity index (χ3n) is 3.84. The van der Waals surface area contributed by atoms with Crippen LogP contribution in [0.5, 0.6) is 0 Å². The summed E-state index contributed by atoms with van der Waals surface area (Å²) in [6, 6.07) is 8.22. The fourth-order valence-electron chi connectivity index (χ4n) is 2.82. The Balaban J connectivity index is 1.54. The van der Waals surface area contributed by atoms with E-state index >= 15 is 0 Å². The highest BCUT2D eigenvalue weighted by Crippen LogP contribution is 2.19. The molecule has 106 valence electrons. The molecule has 3 aromatic heterocycles. The summed E-state index contributed by atoms with van der Waals surface area (Å²) >= 11 is 0. The van der Waals surface area contributed by atoms with Gasteiger partial charge < -0.3 is 5.73 Å². The first-order chi connectivity index (χ1) is 10.3. The van der Waals surface area contributed by atoms with Crippen LogP contribution in [0, 0.1) is 0 Å². The van der Waals surface area contributed by atoms with Crippen LogP contribution in [-0.4, -0.2) is 31.0 Å². The first-order valence-corrected chi connectivity index (χ1v) is 7.04. The molecule has 0 unspecified atom stereocenters. The highest BCUT2D eigenvalue weighted by atomic mass is 15.2. The van der Waals surface area contributed by atoms with Gasteiger partial charge in [-0.2, -0.15) is 5.10 Å². The minimum Gasteiger partial charge on any atom is -0.368 e. The summed E-state index contributed by atoms with van der Waals surface area (Å²) in [4.78, 5) is 10.8. The fourth-order valence-corrected chi connectivity index (χ4v) is 2.82. The average molecular weight is 280 g/mol. The third kappa shape index (κ3) is 2.34. The Morgan fingerprint density at radius 2 is 2.24 bits per heavy atom. The zero-order valence-corrected chi connectivity index (χ0v) is 11.6. The van der Waals surface area contributed by atoms with Crippen LogP contribution in [0.15, 0.2) is 36.7 Å². The molecule has 4 heterocycles. The molecule has 0 aliphatic carbocycles. The van der Waals surface area contributed by atoms with Crippen LogP contribution in [-0.2, 0) is 19.5 Å². The van der Waals surface area contributed by atoms with Crippen molar-refractivity contribution >= 4 is 11.5 Å². The quantitative estimate of drug-likeness (QED) is 0.765. The first-order valence-electron chi connectivity index (χ1n) is 7.04. The largest absolute Gasteiger partial charge is 0.368 e. The van der Waals surface area contributed by atoms with E-state index in [1.807, 2.05) is 29.0 Å². The van der Waals surface area contributed by atoms with Crippen molar-refractivity contribution < 1.29 is 0 Å². The van der Waals surface area contributed by atoms with Gasteiger partial charge in [0, 0.05) is 44.0 Å². The topological polar surface area (TPSA) is 72.3 Å². The monoisotopic (exact) mass is 280 g/mol. The molecule has 4 rings (SSSR count). The van der Waals surface area contributed by atoms with Crippen molar-refractivity contribution in [2.24, 2.45) is 0 Å². The van der Waals surface area contributed by atoms with Crippen LogP contribution in [0.3, 0.4) is 0 Å². The maximum atomic E-state index is 5.63. The standard InChI is InChI=1S/C15H16N6/c16-15-17-8-11-9-20(6-4-14(11)18-15)10-12-7-13-3-1-2-5-21(13)19-12/h1-3,5,7-8H,4,6,9-10H2,(H2,16,17,18). The van der Waals surface area contributed by atoms with Crippen molar-refractivity contribution in [2.75, 3.05) is 12.3 Å². The Labute approximate surface area is 122 Å². The van der Waals surface area contributed by atoms with E-state index in [1.54, 1.807) is 0 Å². The Morgan fingerprint density at radius 3 is 3.14 bits per heavy atom. The number of pyridine rings is 1. The van der Waals surface area contributed by atoms with Crippen molar-refractivity contribution in [1.82, 2.24) is 24.5 Å². The molecule has 0 spiro atoms. The lowest BCUT2D eigenvalue weighted by molar-refractivity contribution is 0.240. The molecule has 0 fully saturated rings. The molecule has 6 heteroatoms. The maximum absolute atomic E-state index is 5.63. The SMILES string of the molecule is Nc1ncc2c(n1)CCN(Cc1cc3ccccn3n1)C2. The summed E-state index contributed by atoms with van der Waals surface area (Å²) in [5, 5.41) is 4.60. The zero-order chi connectivity index (χ0) is 14.2. The van der Waals surface area contributed by atoms with Gasteiger partial charge in [-0.05, 0) is 18.2 Å². The second-order valence-corrected chi connectivity index (χ2v) is 5.37. The number of rotatable bonds is 2. The van der Waals surface area contributed by atoms with Crippen molar-refractivity contribution in [1.29, 1.82) is 0 Å². The molecular weight excluding hydrogens is 264 g/mol. The van der Waals surface area contributed by atoms with Gasteiger partial charge >= 0.3 is 0 Å². The molecule has 3 aromatic rings. The summed E-state index contributed by atoms with van der Waals surface area (Å²) in [5.41, 5.74) is 10.1. The number of nitrogens with two attached hydrogens (primary N) is 1. The van der Waals surface area contributed by atoms with Crippen LogP contribution in [0.1, 0.15) is 17.0 Å². The average Bonchev–Trinajstić information content (AvgIpc) is 2.89. The zero-order valence-electron chi connectivity index (χ0n) is 11.6. The van der Waals surface area contributed by atoms with E-state index in [9.17, 15) is 0 Å². The van der Waals surface area contributed by atoms with E-state index in [4.69, 9.17) is 5.73 Å². The first kappa shape index (κ1) is 12.3. The van der Waals surface area contributed by atoms with Gasteiger partial charge in [-0.3, -0.25) is 4.90 Å². The summed E-state index contributed by atoms with van der Waals surface area (Å²) in [7, 11) is 0. The number of hydrogen-bond donors (Lipinski definition) is 1. The Hall–Kier alpha value is -2.47. The fraction of sp³-hybridized carbons (Fsp3) is 0.267. The number of nitrogens with zero attached hydrogens (tertiary/aromatic N) is 5. The van der Waals surface area contributed by atoms with Gasteiger partial charge in [0.05, 0.1) is 16.9 Å². The molecule has 0 aromatic carbocycles. The van der Waals surface area contributed by atoms with E-state index < -0.39 is 0 Å². The molecule has 6 nitrogen and oxygen atoms in total. The van der Waals surface area contributed by atoms with E-state index in [0.29, 0.717) is 5.95 Å². The minimum atomic E-state index is 0.363. The van der Waals surface area contributed by atoms with E-state index in [-0.39, 0.29) is 0 Å². The predicted octanol–water partition coefficient (Wildman–Crippen LogP) is 1.26. The van der Waals surface area contributed by atoms with Crippen molar-refractivity contribution in [2.45, 2.75) is 19.5 Å². The summed E-state index contributed by atoms with van der Waals surface area (Å²) < 4.78 is 1.91. The number of nitrogen functional groups attached to an aromatic ring is 1. The van der Waals surface area contributed by atoms with E-state index in [0.717, 1.165) is 43.0 Å². The molecule has 0 bridgehead atoms. The molecule has 0 amide bonds. The lowest BCUT2D eigenvalue weighted by Gasteiger charge is -2.27. The highest BCUT2D eigenvalue weighted by Gasteiger charge is 2.19. The van der Waals surface area contributed by atoms with Gasteiger partial charge in [0.15, 0.2) is 0 Å². The highest BCUT2D eigenvalue weighted by molar-refractivity contribution is 5.46. The smallest absolute Gasteiger partial charge is 0.220 e. The predicted molar refractivity (Wildman–Crippen MR) is 79.5 cm³/mol. The molecule has 21 heavy (non-hydrogen) atoms. The van der Waals surface area contributed by atoms with Gasteiger partial charge in [0.2, 0.25) is 5.95 Å². The number of fused-ring (bicyclic) bond motifs is 2. The minimum absolute atomic E-state index is 0.363. The Bertz CT molecular complexity index is 761.